The molecule has 0 amide bonds. The number of nitrogens with two attached hydrogens (primary N) is 1. The smallest absolute Gasteiger partial charge is 0.150 e. The Kier molecular flexibility index (Phi) is 7.28. The van der Waals surface area contributed by atoms with Crippen LogP contribution >= 0.6 is 0 Å². The van der Waals surface area contributed by atoms with Gasteiger partial charge >= 0.3 is 0 Å². The summed E-state index contributed by atoms with van der Waals surface area (Å²) in [5, 5.41) is 0. The summed E-state index contributed by atoms with van der Waals surface area (Å²) in [5.74, 6) is 0.694. The van der Waals surface area contributed by atoms with E-state index in [1.807, 2.05) is 6.92 Å². The summed E-state index contributed by atoms with van der Waals surface area (Å²) in [5.41, 5.74) is 5.31. The number of hydrogen-bond donors (Lipinski definition) is 1. The molecule has 0 aliphatic carbocycles. The Morgan fingerprint density at radius 3 is 2.15 bits per heavy atom. The van der Waals surface area contributed by atoms with Crippen LogP contribution in [0.4, 0.5) is 0 Å². The predicted molar refractivity (Wildman–Crippen MR) is 56.5 cm³/mol. The van der Waals surface area contributed by atoms with E-state index in [1.165, 1.54) is 0 Å². The minimum absolute atomic E-state index is 0.340. The van der Waals surface area contributed by atoms with Crippen LogP contribution in [0.2, 0.25) is 0 Å². The van der Waals surface area contributed by atoms with Crippen molar-refractivity contribution < 1.29 is 8.42 Å². The molecule has 0 atom stereocenters. The van der Waals surface area contributed by atoms with Crippen LogP contribution in [0.15, 0.2) is 0 Å². The molecule has 80 valence electrons. The molecule has 0 heterocycles. The van der Waals surface area contributed by atoms with Crippen LogP contribution in [0.1, 0.15) is 39.0 Å². The molecule has 0 aromatic rings. The van der Waals surface area contributed by atoms with Crippen molar-refractivity contribution in [1.82, 2.24) is 0 Å². The van der Waals surface area contributed by atoms with Crippen molar-refractivity contribution in [2.45, 2.75) is 39.0 Å². The molecule has 0 aromatic heterocycles. The molecule has 3 nitrogen and oxygen atoms in total. The van der Waals surface area contributed by atoms with Crippen LogP contribution in [-0.2, 0) is 9.84 Å². The fraction of sp³-hybridized carbons (Fsp3) is 1.00. The lowest BCUT2D eigenvalue weighted by molar-refractivity contribution is 0.586. The van der Waals surface area contributed by atoms with E-state index in [4.69, 9.17) is 5.73 Å². The SMILES string of the molecule is CCCCS(=O)(=O)CCCCCN. The lowest BCUT2D eigenvalue weighted by Gasteiger charge is -2.02. The minimum atomic E-state index is -2.77. The molecule has 0 saturated heterocycles. The maximum Gasteiger partial charge on any atom is 0.150 e. The summed E-state index contributed by atoms with van der Waals surface area (Å²) in [6, 6.07) is 0. The maximum absolute atomic E-state index is 11.3. The van der Waals surface area contributed by atoms with E-state index in [2.05, 4.69) is 0 Å². The molecule has 0 aliphatic rings. The first kappa shape index (κ1) is 12.9. The van der Waals surface area contributed by atoms with E-state index in [0.29, 0.717) is 18.1 Å². The van der Waals surface area contributed by atoms with E-state index in [-0.39, 0.29) is 0 Å². The highest BCUT2D eigenvalue weighted by Gasteiger charge is 2.08. The van der Waals surface area contributed by atoms with Gasteiger partial charge in [-0.15, -0.1) is 0 Å². The summed E-state index contributed by atoms with van der Waals surface area (Å²) in [6.07, 6.45) is 4.37. The molecule has 0 radical (unpaired) electrons. The second kappa shape index (κ2) is 7.33. The Morgan fingerprint density at radius 2 is 1.62 bits per heavy atom. The van der Waals surface area contributed by atoms with Gasteiger partial charge in [-0.3, -0.25) is 0 Å². The van der Waals surface area contributed by atoms with Gasteiger partial charge in [0.15, 0.2) is 0 Å². The van der Waals surface area contributed by atoms with Gasteiger partial charge in [-0.2, -0.15) is 0 Å². The Balaban J connectivity index is 3.52. The van der Waals surface area contributed by atoms with Crippen molar-refractivity contribution in [3.63, 3.8) is 0 Å². The van der Waals surface area contributed by atoms with Gasteiger partial charge < -0.3 is 5.73 Å². The van der Waals surface area contributed by atoms with E-state index >= 15 is 0 Å². The van der Waals surface area contributed by atoms with Crippen LogP contribution in [0, 0.1) is 0 Å². The molecule has 0 aliphatic heterocycles. The second-order valence-corrected chi connectivity index (χ2v) is 5.66. The topological polar surface area (TPSA) is 60.2 Å². The lowest BCUT2D eigenvalue weighted by atomic mass is 10.2. The normalized spacial score (nSPS) is 11.8. The predicted octanol–water partition coefficient (Wildman–Crippen LogP) is 1.33. The molecule has 2 N–H and O–H groups in total. The molecule has 0 fully saturated rings. The van der Waals surface area contributed by atoms with Crippen molar-refractivity contribution in [2.75, 3.05) is 18.1 Å². The summed E-state index contributed by atoms with van der Waals surface area (Å²) in [6.45, 7) is 2.67. The Morgan fingerprint density at radius 1 is 1.00 bits per heavy atom. The molecule has 4 heteroatoms. The zero-order chi connectivity index (χ0) is 10.2. The number of hydrogen-bond acceptors (Lipinski definition) is 3. The van der Waals surface area contributed by atoms with Crippen LogP contribution in [0.5, 0.6) is 0 Å². The fourth-order valence-electron chi connectivity index (χ4n) is 1.11. The molecule has 13 heavy (non-hydrogen) atoms. The Bertz CT molecular complexity index is 200. The van der Waals surface area contributed by atoms with Gasteiger partial charge in [-0.25, -0.2) is 8.42 Å². The van der Waals surface area contributed by atoms with Gasteiger partial charge in [0.25, 0.3) is 0 Å². The van der Waals surface area contributed by atoms with Crippen LogP contribution in [-0.4, -0.2) is 26.5 Å². The highest BCUT2D eigenvalue weighted by atomic mass is 32.2. The van der Waals surface area contributed by atoms with Gasteiger partial charge in [-0.1, -0.05) is 19.8 Å². The van der Waals surface area contributed by atoms with Crippen molar-refractivity contribution in [1.29, 1.82) is 0 Å². The van der Waals surface area contributed by atoms with Gasteiger partial charge in [0, 0.05) is 0 Å². The summed E-state index contributed by atoms with van der Waals surface area (Å²) in [4.78, 5) is 0. The van der Waals surface area contributed by atoms with E-state index in [0.717, 1.165) is 32.1 Å². The third-order valence-corrected chi connectivity index (χ3v) is 3.79. The minimum Gasteiger partial charge on any atom is -0.330 e. The van der Waals surface area contributed by atoms with E-state index < -0.39 is 9.84 Å². The summed E-state index contributed by atoms with van der Waals surface area (Å²) in [7, 11) is -2.77. The third-order valence-electron chi connectivity index (χ3n) is 1.97. The number of unbranched alkanes of at least 4 members (excludes halogenated alkanes) is 3. The zero-order valence-corrected chi connectivity index (χ0v) is 9.28. The molecule has 0 bridgehead atoms. The third kappa shape index (κ3) is 8.25. The second-order valence-electron chi connectivity index (χ2n) is 3.35. The number of rotatable bonds is 8. The average Bonchev–Trinajstić information content (AvgIpc) is 2.09. The van der Waals surface area contributed by atoms with Crippen molar-refractivity contribution in [3.8, 4) is 0 Å². The van der Waals surface area contributed by atoms with Gasteiger partial charge in [0.2, 0.25) is 0 Å². The first-order chi connectivity index (χ1) is 6.12. The Labute approximate surface area is 81.6 Å². The van der Waals surface area contributed by atoms with Crippen molar-refractivity contribution >= 4 is 9.84 Å². The van der Waals surface area contributed by atoms with Crippen LogP contribution in [0.3, 0.4) is 0 Å². The quantitative estimate of drug-likeness (QED) is 0.611. The van der Waals surface area contributed by atoms with Crippen molar-refractivity contribution in [2.24, 2.45) is 5.73 Å². The van der Waals surface area contributed by atoms with E-state index in [9.17, 15) is 8.42 Å². The first-order valence-corrected chi connectivity index (χ1v) is 6.85. The van der Waals surface area contributed by atoms with Crippen molar-refractivity contribution in [3.05, 3.63) is 0 Å². The summed E-state index contributed by atoms with van der Waals surface area (Å²) < 4.78 is 22.6. The molecule has 0 spiro atoms. The van der Waals surface area contributed by atoms with Crippen LogP contribution < -0.4 is 5.73 Å². The molecule has 0 rings (SSSR count). The Hall–Kier alpha value is -0.0900. The largest absolute Gasteiger partial charge is 0.330 e. The molecular weight excluding hydrogens is 186 g/mol. The molecule has 0 aromatic carbocycles. The molecule has 0 unspecified atom stereocenters. The first-order valence-electron chi connectivity index (χ1n) is 5.03. The monoisotopic (exact) mass is 207 g/mol. The zero-order valence-electron chi connectivity index (χ0n) is 8.46. The standard InChI is InChI=1S/C9H21NO2S/c1-2-3-8-13(11,12)9-6-4-5-7-10/h2-10H2,1H3. The summed E-state index contributed by atoms with van der Waals surface area (Å²) >= 11 is 0. The maximum atomic E-state index is 11.3. The van der Waals surface area contributed by atoms with Gasteiger partial charge in [0.1, 0.15) is 9.84 Å². The number of sulfone groups is 1. The van der Waals surface area contributed by atoms with E-state index in [1.54, 1.807) is 0 Å². The highest BCUT2D eigenvalue weighted by Crippen LogP contribution is 2.02. The molecular formula is C9H21NO2S. The average molecular weight is 207 g/mol. The van der Waals surface area contributed by atoms with Crippen LogP contribution in [0.25, 0.3) is 0 Å². The fourth-order valence-corrected chi connectivity index (χ4v) is 2.69. The highest BCUT2D eigenvalue weighted by molar-refractivity contribution is 7.91. The molecule has 0 saturated carbocycles. The van der Waals surface area contributed by atoms with Gasteiger partial charge in [-0.05, 0) is 25.8 Å². The van der Waals surface area contributed by atoms with Gasteiger partial charge in [0.05, 0.1) is 11.5 Å². The lowest BCUT2D eigenvalue weighted by Crippen LogP contribution is -2.11.